The molecule has 1 atom stereocenters. The molecule has 4 heteroatoms. The van der Waals surface area contributed by atoms with Crippen LogP contribution in [0.15, 0.2) is 0 Å². The molecule has 0 aromatic carbocycles. The van der Waals surface area contributed by atoms with E-state index in [-0.39, 0.29) is 11.0 Å². The monoisotopic (exact) mass is 249 g/mol. The molecule has 0 saturated heterocycles. The number of hydrogen-bond donors (Lipinski definition) is 1. The van der Waals surface area contributed by atoms with E-state index in [2.05, 4.69) is 26.1 Å². The SMILES string of the molecule is CCC(CC)C(C)NCCS(=O)(=O)C(C)C. The minimum absolute atomic E-state index is 0.245. The molecule has 0 amide bonds. The molecule has 0 rings (SSSR count). The van der Waals surface area contributed by atoms with Crippen LogP contribution in [0.1, 0.15) is 47.5 Å². The number of sulfone groups is 1. The first-order chi connectivity index (χ1) is 7.35. The molecule has 0 spiro atoms. The maximum atomic E-state index is 11.6. The van der Waals surface area contributed by atoms with E-state index >= 15 is 0 Å². The van der Waals surface area contributed by atoms with E-state index in [0.29, 0.717) is 18.5 Å². The predicted octanol–water partition coefficient (Wildman–Crippen LogP) is 2.22. The highest BCUT2D eigenvalue weighted by molar-refractivity contribution is 7.92. The Labute approximate surface area is 101 Å². The fraction of sp³-hybridized carbons (Fsp3) is 1.00. The highest BCUT2D eigenvalue weighted by Gasteiger charge is 2.17. The average molecular weight is 249 g/mol. The van der Waals surface area contributed by atoms with Gasteiger partial charge in [-0.25, -0.2) is 8.42 Å². The normalized spacial score (nSPS) is 14.7. The van der Waals surface area contributed by atoms with E-state index in [1.54, 1.807) is 13.8 Å². The summed E-state index contributed by atoms with van der Waals surface area (Å²) in [7, 11) is -2.90. The lowest BCUT2D eigenvalue weighted by atomic mass is 9.96. The highest BCUT2D eigenvalue weighted by atomic mass is 32.2. The average Bonchev–Trinajstić information content (AvgIpc) is 2.19. The lowest BCUT2D eigenvalue weighted by molar-refractivity contribution is 0.360. The summed E-state index contributed by atoms with van der Waals surface area (Å²) in [6.45, 7) is 10.5. The molecule has 0 bridgehead atoms. The molecule has 1 unspecified atom stereocenters. The largest absolute Gasteiger partial charge is 0.313 e. The Bertz CT molecular complexity index is 269. The summed E-state index contributed by atoms with van der Waals surface area (Å²) >= 11 is 0. The van der Waals surface area contributed by atoms with Gasteiger partial charge in [0.25, 0.3) is 0 Å². The molecule has 16 heavy (non-hydrogen) atoms. The van der Waals surface area contributed by atoms with Crippen LogP contribution in [0.25, 0.3) is 0 Å². The molecule has 0 aromatic heterocycles. The predicted molar refractivity (Wildman–Crippen MR) is 70.5 cm³/mol. The molecule has 0 fully saturated rings. The third-order valence-electron chi connectivity index (χ3n) is 3.33. The molecule has 0 heterocycles. The van der Waals surface area contributed by atoms with Crippen LogP contribution in [0.2, 0.25) is 0 Å². The van der Waals surface area contributed by atoms with Gasteiger partial charge in [-0.2, -0.15) is 0 Å². The summed E-state index contributed by atoms with van der Waals surface area (Å²) in [6, 6.07) is 0.400. The minimum Gasteiger partial charge on any atom is -0.313 e. The fourth-order valence-corrected chi connectivity index (χ4v) is 2.70. The molecule has 3 nitrogen and oxygen atoms in total. The van der Waals surface area contributed by atoms with Crippen LogP contribution < -0.4 is 5.32 Å². The van der Waals surface area contributed by atoms with Gasteiger partial charge in [-0.15, -0.1) is 0 Å². The van der Waals surface area contributed by atoms with Gasteiger partial charge in [-0.1, -0.05) is 26.7 Å². The summed E-state index contributed by atoms with van der Waals surface area (Å²) < 4.78 is 23.2. The molecule has 0 aliphatic heterocycles. The summed E-state index contributed by atoms with van der Waals surface area (Å²) in [5, 5.41) is 3.05. The summed E-state index contributed by atoms with van der Waals surface area (Å²) in [5.41, 5.74) is 0. The second-order valence-corrected chi connectivity index (χ2v) is 7.41. The van der Waals surface area contributed by atoms with Crippen LogP contribution in [-0.2, 0) is 9.84 Å². The molecule has 0 radical (unpaired) electrons. The van der Waals surface area contributed by atoms with Gasteiger partial charge in [0.05, 0.1) is 11.0 Å². The first-order valence-electron chi connectivity index (χ1n) is 6.30. The summed E-state index contributed by atoms with van der Waals surface area (Å²) in [6.07, 6.45) is 2.28. The quantitative estimate of drug-likeness (QED) is 0.717. The third-order valence-corrected chi connectivity index (χ3v) is 5.54. The van der Waals surface area contributed by atoms with Crippen LogP contribution >= 0.6 is 0 Å². The molecule has 0 aliphatic carbocycles. The maximum absolute atomic E-state index is 11.6. The zero-order valence-electron chi connectivity index (χ0n) is 11.3. The Hall–Kier alpha value is -0.0900. The summed E-state index contributed by atoms with van der Waals surface area (Å²) in [4.78, 5) is 0. The molecule has 0 aliphatic rings. The van der Waals surface area contributed by atoms with Gasteiger partial charge in [-0.3, -0.25) is 0 Å². The lowest BCUT2D eigenvalue weighted by Gasteiger charge is -2.22. The van der Waals surface area contributed by atoms with Crippen molar-refractivity contribution in [3.8, 4) is 0 Å². The van der Waals surface area contributed by atoms with Gasteiger partial charge >= 0.3 is 0 Å². The van der Waals surface area contributed by atoms with Crippen molar-refractivity contribution in [2.75, 3.05) is 12.3 Å². The van der Waals surface area contributed by atoms with Gasteiger partial charge in [0.1, 0.15) is 0 Å². The van der Waals surface area contributed by atoms with Crippen molar-refractivity contribution in [1.82, 2.24) is 5.32 Å². The van der Waals surface area contributed by atoms with Gasteiger partial charge in [-0.05, 0) is 26.7 Å². The van der Waals surface area contributed by atoms with Crippen molar-refractivity contribution < 1.29 is 8.42 Å². The van der Waals surface area contributed by atoms with Crippen LogP contribution in [0.3, 0.4) is 0 Å². The molecular formula is C12H27NO2S. The smallest absolute Gasteiger partial charge is 0.153 e. The number of hydrogen-bond acceptors (Lipinski definition) is 3. The van der Waals surface area contributed by atoms with E-state index in [0.717, 1.165) is 12.8 Å². The van der Waals surface area contributed by atoms with Gasteiger partial charge in [0.2, 0.25) is 0 Å². The van der Waals surface area contributed by atoms with Crippen molar-refractivity contribution in [3.63, 3.8) is 0 Å². The lowest BCUT2D eigenvalue weighted by Crippen LogP contribution is -2.37. The van der Waals surface area contributed by atoms with Crippen molar-refractivity contribution in [3.05, 3.63) is 0 Å². The second kappa shape index (κ2) is 7.28. The Morgan fingerprint density at radius 1 is 1.06 bits per heavy atom. The molecule has 1 N–H and O–H groups in total. The topological polar surface area (TPSA) is 46.2 Å². The van der Waals surface area contributed by atoms with Crippen LogP contribution in [0.5, 0.6) is 0 Å². The van der Waals surface area contributed by atoms with Gasteiger partial charge in [0.15, 0.2) is 9.84 Å². The van der Waals surface area contributed by atoms with E-state index in [4.69, 9.17) is 0 Å². The molecule has 0 saturated carbocycles. The van der Waals surface area contributed by atoms with Gasteiger partial charge < -0.3 is 5.32 Å². The third kappa shape index (κ3) is 5.30. The van der Waals surface area contributed by atoms with Crippen LogP contribution in [0.4, 0.5) is 0 Å². The highest BCUT2D eigenvalue weighted by Crippen LogP contribution is 2.12. The van der Waals surface area contributed by atoms with Crippen LogP contribution in [0, 0.1) is 5.92 Å². The standard InChI is InChI=1S/C12H27NO2S/c1-6-12(7-2)11(5)13-8-9-16(14,15)10(3)4/h10-13H,6-9H2,1-5H3. The van der Waals surface area contributed by atoms with Crippen molar-refractivity contribution in [2.24, 2.45) is 5.92 Å². The van der Waals surface area contributed by atoms with Crippen molar-refractivity contribution >= 4 is 9.84 Å². The Balaban J connectivity index is 3.99. The second-order valence-electron chi connectivity index (χ2n) is 4.74. The molecule has 98 valence electrons. The summed E-state index contributed by atoms with van der Waals surface area (Å²) in [5.74, 6) is 0.886. The molecular weight excluding hydrogens is 222 g/mol. The minimum atomic E-state index is -2.90. The van der Waals surface area contributed by atoms with E-state index in [1.165, 1.54) is 0 Å². The van der Waals surface area contributed by atoms with Crippen molar-refractivity contribution in [2.45, 2.75) is 58.8 Å². The Morgan fingerprint density at radius 3 is 1.94 bits per heavy atom. The van der Waals surface area contributed by atoms with Crippen molar-refractivity contribution in [1.29, 1.82) is 0 Å². The van der Waals surface area contributed by atoms with Gasteiger partial charge in [0, 0.05) is 12.6 Å². The number of rotatable bonds is 8. The molecule has 0 aromatic rings. The zero-order chi connectivity index (χ0) is 12.8. The Morgan fingerprint density at radius 2 is 1.56 bits per heavy atom. The van der Waals surface area contributed by atoms with Crippen LogP contribution in [-0.4, -0.2) is 32.0 Å². The fourth-order valence-electron chi connectivity index (χ4n) is 1.83. The maximum Gasteiger partial charge on any atom is 0.153 e. The first kappa shape index (κ1) is 15.9. The van der Waals surface area contributed by atoms with E-state index in [9.17, 15) is 8.42 Å². The zero-order valence-corrected chi connectivity index (χ0v) is 12.1. The number of nitrogens with one attached hydrogen (secondary N) is 1. The van der Waals surface area contributed by atoms with E-state index < -0.39 is 9.84 Å². The Kier molecular flexibility index (Phi) is 7.24. The van der Waals surface area contributed by atoms with E-state index in [1.807, 2.05) is 0 Å². The first-order valence-corrected chi connectivity index (χ1v) is 8.01.